The zero-order valence-corrected chi connectivity index (χ0v) is 7.98. The third kappa shape index (κ3) is 1.40. The van der Waals surface area contributed by atoms with Gasteiger partial charge in [-0.1, -0.05) is 12.2 Å². The van der Waals surface area contributed by atoms with Crippen LogP contribution < -0.4 is 5.73 Å². The zero-order chi connectivity index (χ0) is 9.42. The highest BCUT2D eigenvalue weighted by Gasteiger charge is 1.97. The molecule has 0 aliphatic rings. The van der Waals surface area contributed by atoms with Crippen molar-refractivity contribution in [2.24, 2.45) is 0 Å². The largest absolute Gasteiger partial charge is 0.399 e. The van der Waals surface area contributed by atoms with Crippen molar-refractivity contribution in [2.75, 3.05) is 5.73 Å². The van der Waals surface area contributed by atoms with Gasteiger partial charge in [0.1, 0.15) is 10.5 Å². The van der Waals surface area contributed by atoms with Gasteiger partial charge in [-0.25, -0.2) is 4.98 Å². The van der Waals surface area contributed by atoms with Gasteiger partial charge in [0.2, 0.25) is 0 Å². The van der Waals surface area contributed by atoms with Gasteiger partial charge < -0.3 is 10.7 Å². The highest BCUT2D eigenvalue weighted by atomic mass is 32.1. The van der Waals surface area contributed by atoms with Crippen LogP contribution in [0.25, 0.3) is 10.9 Å². The molecule has 0 aliphatic heterocycles. The number of anilines is 1. The van der Waals surface area contributed by atoms with E-state index in [0.717, 1.165) is 22.4 Å². The summed E-state index contributed by atoms with van der Waals surface area (Å²) in [6.07, 6.45) is 0. The molecule has 13 heavy (non-hydrogen) atoms. The Labute approximate surface area is 80.6 Å². The van der Waals surface area contributed by atoms with E-state index in [-0.39, 0.29) is 0 Å². The van der Waals surface area contributed by atoms with Crippen molar-refractivity contribution in [3.05, 3.63) is 28.7 Å². The van der Waals surface area contributed by atoms with Gasteiger partial charge in [0.05, 0.1) is 5.52 Å². The molecule has 0 fully saturated rings. The monoisotopic (exact) mass is 191 g/mol. The average Bonchev–Trinajstić information content (AvgIpc) is 2.02. The van der Waals surface area contributed by atoms with Crippen molar-refractivity contribution in [3.63, 3.8) is 0 Å². The maximum Gasteiger partial charge on any atom is 0.137 e. The Bertz CT molecular complexity index is 510. The van der Waals surface area contributed by atoms with Gasteiger partial charge in [0.15, 0.2) is 0 Å². The summed E-state index contributed by atoms with van der Waals surface area (Å²) in [6.45, 7) is 1.87. The third-order valence-corrected chi connectivity index (χ3v) is 2.17. The molecule has 0 saturated heterocycles. The second-order valence-corrected chi connectivity index (χ2v) is 3.32. The number of benzene rings is 1. The molecule has 2 aromatic rings. The van der Waals surface area contributed by atoms with Gasteiger partial charge in [0.25, 0.3) is 0 Å². The van der Waals surface area contributed by atoms with Gasteiger partial charge in [-0.05, 0) is 25.1 Å². The summed E-state index contributed by atoms with van der Waals surface area (Å²) in [5.41, 5.74) is 7.32. The Hall–Kier alpha value is -1.42. The predicted molar refractivity (Wildman–Crippen MR) is 56.1 cm³/mol. The molecule has 0 spiro atoms. The highest BCUT2D eigenvalue weighted by molar-refractivity contribution is 7.71. The lowest BCUT2D eigenvalue weighted by atomic mass is 10.2. The van der Waals surface area contributed by atoms with E-state index in [0.29, 0.717) is 4.64 Å². The Balaban J connectivity index is 2.95. The molecule has 2 rings (SSSR count). The third-order valence-electron chi connectivity index (χ3n) is 1.86. The van der Waals surface area contributed by atoms with Crippen LogP contribution in [0.1, 0.15) is 5.82 Å². The first kappa shape index (κ1) is 8.19. The molecule has 0 bridgehead atoms. The maximum atomic E-state index is 5.65. The molecule has 3 N–H and O–H groups in total. The Morgan fingerprint density at radius 2 is 2.23 bits per heavy atom. The molecule has 0 aliphatic carbocycles. The molecule has 66 valence electrons. The van der Waals surface area contributed by atoms with Crippen LogP contribution in [0.2, 0.25) is 0 Å². The second-order valence-electron chi connectivity index (χ2n) is 2.93. The summed E-state index contributed by atoms with van der Waals surface area (Å²) in [5.74, 6) is 0.808. The number of rotatable bonds is 0. The number of hydrogen-bond acceptors (Lipinski definition) is 3. The van der Waals surface area contributed by atoms with Crippen LogP contribution in [0, 0.1) is 11.6 Å². The lowest BCUT2D eigenvalue weighted by Crippen LogP contribution is -1.91. The number of fused-ring (bicyclic) bond motifs is 1. The molecule has 1 heterocycles. The molecule has 0 radical (unpaired) electrons. The number of hydrogen-bond donors (Lipinski definition) is 2. The van der Waals surface area contributed by atoms with Crippen molar-refractivity contribution in [1.82, 2.24) is 9.97 Å². The minimum absolute atomic E-state index is 0.617. The van der Waals surface area contributed by atoms with Gasteiger partial charge in [-0.3, -0.25) is 0 Å². The normalized spacial score (nSPS) is 10.5. The minimum atomic E-state index is 0.617. The number of nitrogens with one attached hydrogen (secondary N) is 1. The van der Waals surface area contributed by atoms with Gasteiger partial charge in [-0.2, -0.15) is 0 Å². The van der Waals surface area contributed by atoms with Crippen LogP contribution in [0.5, 0.6) is 0 Å². The number of aromatic amines is 1. The maximum absolute atomic E-state index is 5.65. The Morgan fingerprint density at radius 1 is 1.46 bits per heavy atom. The molecule has 0 amide bonds. The summed E-state index contributed by atoms with van der Waals surface area (Å²) in [4.78, 5) is 7.26. The van der Waals surface area contributed by atoms with Crippen molar-refractivity contribution < 1.29 is 0 Å². The molecule has 1 aromatic carbocycles. The fourth-order valence-corrected chi connectivity index (χ4v) is 1.60. The fourth-order valence-electron chi connectivity index (χ4n) is 1.29. The molecule has 0 unspecified atom stereocenters. The summed E-state index contributed by atoms with van der Waals surface area (Å²) < 4.78 is 0.617. The second kappa shape index (κ2) is 2.81. The predicted octanol–water partition coefficient (Wildman–Crippen LogP) is 2.18. The highest BCUT2D eigenvalue weighted by Crippen LogP contribution is 2.15. The van der Waals surface area contributed by atoms with Gasteiger partial charge in [0, 0.05) is 11.1 Å². The summed E-state index contributed by atoms with van der Waals surface area (Å²) in [6, 6.07) is 5.57. The molecule has 0 saturated carbocycles. The lowest BCUT2D eigenvalue weighted by Gasteiger charge is -2.00. The van der Waals surface area contributed by atoms with E-state index in [1.807, 2.05) is 25.1 Å². The van der Waals surface area contributed by atoms with E-state index in [4.69, 9.17) is 18.0 Å². The van der Waals surface area contributed by atoms with Crippen molar-refractivity contribution in [3.8, 4) is 0 Å². The van der Waals surface area contributed by atoms with E-state index in [2.05, 4.69) is 9.97 Å². The van der Waals surface area contributed by atoms with E-state index < -0.39 is 0 Å². The Morgan fingerprint density at radius 3 is 3.00 bits per heavy atom. The lowest BCUT2D eigenvalue weighted by molar-refractivity contribution is 1.08. The number of nitrogens with two attached hydrogens (primary N) is 1. The first-order valence-electron chi connectivity index (χ1n) is 3.93. The number of aromatic nitrogens is 2. The van der Waals surface area contributed by atoms with E-state index in [9.17, 15) is 0 Å². The minimum Gasteiger partial charge on any atom is -0.399 e. The number of nitrogen functional groups attached to an aromatic ring is 1. The van der Waals surface area contributed by atoms with Crippen LogP contribution in [0.15, 0.2) is 18.2 Å². The molecule has 0 atom stereocenters. The quantitative estimate of drug-likeness (QED) is 0.495. The smallest absolute Gasteiger partial charge is 0.137 e. The van der Waals surface area contributed by atoms with Crippen LogP contribution in [0.4, 0.5) is 5.69 Å². The number of nitrogens with zero attached hydrogens (tertiary/aromatic N) is 1. The number of aryl methyl sites for hydroxylation is 1. The standard InChI is InChI=1S/C9H9N3S/c1-5-11-8-4-6(10)2-3-7(8)9(13)12-5/h2-4H,10H2,1H3,(H,11,12,13). The van der Waals surface area contributed by atoms with Crippen LogP contribution in [-0.2, 0) is 0 Å². The average molecular weight is 191 g/mol. The van der Waals surface area contributed by atoms with Crippen LogP contribution >= 0.6 is 12.2 Å². The van der Waals surface area contributed by atoms with Crippen LogP contribution in [0.3, 0.4) is 0 Å². The van der Waals surface area contributed by atoms with E-state index in [1.165, 1.54) is 0 Å². The van der Waals surface area contributed by atoms with Crippen molar-refractivity contribution in [2.45, 2.75) is 6.92 Å². The van der Waals surface area contributed by atoms with Crippen LogP contribution in [-0.4, -0.2) is 9.97 Å². The van der Waals surface area contributed by atoms with Gasteiger partial charge >= 0.3 is 0 Å². The fraction of sp³-hybridized carbons (Fsp3) is 0.111. The van der Waals surface area contributed by atoms with Crippen molar-refractivity contribution >= 4 is 28.8 Å². The summed E-state index contributed by atoms with van der Waals surface area (Å²) >= 11 is 5.11. The molecule has 3 nitrogen and oxygen atoms in total. The van der Waals surface area contributed by atoms with Crippen molar-refractivity contribution in [1.29, 1.82) is 0 Å². The Kier molecular flexibility index (Phi) is 1.77. The molecule has 4 heteroatoms. The molecule has 1 aromatic heterocycles. The summed E-state index contributed by atoms with van der Waals surface area (Å²) in [7, 11) is 0. The molecular formula is C9H9N3S. The first-order valence-corrected chi connectivity index (χ1v) is 4.34. The first-order chi connectivity index (χ1) is 6.16. The van der Waals surface area contributed by atoms with E-state index in [1.54, 1.807) is 0 Å². The van der Waals surface area contributed by atoms with Gasteiger partial charge in [-0.15, -0.1) is 0 Å². The number of H-pyrrole nitrogens is 1. The zero-order valence-electron chi connectivity index (χ0n) is 7.16. The van der Waals surface area contributed by atoms with E-state index >= 15 is 0 Å². The topological polar surface area (TPSA) is 54.7 Å². The molecular weight excluding hydrogens is 182 g/mol. The SMILES string of the molecule is Cc1nc(=S)c2ccc(N)cc2[nH]1. The summed E-state index contributed by atoms with van der Waals surface area (Å²) in [5, 5.41) is 0.940.